The summed E-state index contributed by atoms with van der Waals surface area (Å²) in [6, 6.07) is 0. The van der Waals surface area contributed by atoms with E-state index in [1.165, 1.54) is 0 Å². The molecule has 0 N–H and O–H groups in total. The number of hydrogen-bond acceptors (Lipinski definition) is 4. The van der Waals surface area contributed by atoms with Crippen molar-refractivity contribution in [2.45, 2.75) is 46.4 Å². The molecule has 0 aromatic heterocycles. The highest BCUT2D eigenvalue weighted by Crippen LogP contribution is 2.22. The van der Waals surface area contributed by atoms with Crippen molar-refractivity contribution >= 4 is 8.56 Å². The van der Waals surface area contributed by atoms with Gasteiger partial charge >= 0.3 is 8.56 Å². The number of nitriles is 1. The molecule has 0 spiro atoms. The van der Waals surface area contributed by atoms with Gasteiger partial charge in [0.15, 0.2) is 5.73 Å². The van der Waals surface area contributed by atoms with E-state index in [-0.39, 0.29) is 5.73 Å². The van der Waals surface area contributed by atoms with Crippen LogP contribution in [0.1, 0.15) is 34.1 Å². The molecule has 0 aromatic carbocycles. The predicted molar refractivity (Wildman–Crippen MR) is 64.8 cm³/mol. The van der Waals surface area contributed by atoms with Crippen LogP contribution in [0.25, 0.3) is 0 Å². The zero-order valence-corrected chi connectivity index (χ0v) is 11.9. The van der Waals surface area contributed by atoms with Crippen molar-refractivity contribution in [2.24, 2.45) is 5.92 Å². The molecule has 94 valence electrons. The summed E-state index contributed by atoms with van der Waals surface area (Å²) in [6.07, 6.45) is 2.56. The van der Waals surface area contributed by atoms with Crippen molar-refractivity contribution in [2.75, 3.05) is 13.2 Å². The number of rotatable bonds is 8. The van der Waals surface area contributed by atoms with Gasteiger partial charge in [0.1, 0.15) is 0 Å². The lowest BCUT2D eigenvalue weighted by molar-refractivity contribution is 0.1000. The number of hydrogen-bond donors (Lipinski definition) is 0. The van der Waals surface area contributed by atoms with Gasteiger partial charge in [0, 0.05) is 13.2 Å². The van der Waals surface area contributed by atoms with E-state index >= 15 is 0 Å². The fraction of sp³-hybridized carbons (Fsp3) is 0.909. The molecule has 0 saturated heterocycles. The van der Waals surface area contributed by atoms with Crippen LogP contribution in [-0.2, 0) is 13.6 Å². The van der Waals surface area contributed by atoms with Crippen LogP contribution in [0, 0.1) is 17.4 Å². The topological polar surface area (TPSA) is 51.5 Å². The molecule has 0 heterocycles. The van der Waals surface area contributed by atoms with Crippen molar-refractivity contribution in [1.82, 2.24) is 0 Å². The highest BCUT2D eigenvalue weighted by Gasteiger charge is 2.43. The van der Waals surface area contributed by atoms with Gasteiger partial charge in [-0.1, -0.05) is 13.8 Å². The van der Waals surface area contributed by atoms with Crippen LogP contribution < -0.4 is 0 Å². The van der Waals surface area contributed by atoms with Crippen molar-refractivity contribution < 1.29 is 13.6 Å². The second kappa shape index (κ2) is 7.66. The third-order valence-corrected chi connectivity index (χ3v) is 5.57. The minimum absolute atomic E-state index is 0.225. The fourth-order valence-electron chi connectivity index (χ4n) is 1.66. The second-order valence-electron chi connectivity index (χ2n) is 4.21. The van der Waals surface area contributed by atoms with Gasteiger partial charge in [-0.05, 0) is 32.7 Å². The monoisotopic (exact) mass is 245 g/mol. The van der Waals surface area contributed by atoms with Crippen LogP contribution in [0.2, 0.25) is 6.55 Å². The lowest BCUT2D eigenvalue weighted by Crippen LogP contribution is -2.52. The summed E-state index contributed by atoms with van der Waals surface area (Å²) in [5.41, 5.74) is -0.225. The van der Waals surface area contributed by atoms with Gasteiger partial charge in [-0.15, -0.1) is 0 Å². The first kappa shape index (κ1) is 15.4. The molecule has 0 bridgehead atoms. The number of ether oxygens (including phenoxy) is 1. The molecule has 0 aromatic rings. The van der Waals surface area contributed by atoms with Crippen LogP contribution in [-0.4, -0.2) is 27.5 Å². The predicted octanol–water partition coefficient (Wildman–Crippen LogP) is 2.58. The SMILES string of the molecule is CCO[Si](C)(OCC)C(CC(C)C)OC#N. The second-order valence-corrected chi connectivity index (χ2v) is 7.46. The molecule has 0 aliphatic heterocycles. The lowest BCUT2D eigenvalue weighted by atomic mass is 10.1. The quantitative estimate of drug-likeness (QED) is 0.487. The van der Waals surface area contributed by atoms with Crippen LogP contribution in [0.5, 0.6) is 0 Å². The molecular formula is C11H23NO3Si. The van der Waals surface area contributed by atoms with Crippen LogP contribution in [0.4, 0.5) is 0 Å². The average molecular weight is 245 g/mol. The molecule has 0 fully saturated rings. The normalized spacial score (nSPS) is 13.6. The summed E-state index contributed by atoms with van der Waals surface area (Å²) < 4.78 is 16.6. The van der Waals surface area contributed by atoms with Crippen molar-refractivity contribution in [3.05, 3.63) is 0 Å². The van der Waals surface area contributed by atoms with Gasteiger partial charge in [-0.2, -0.15) is 5.26 Å². The first-order chi connectivity index (χ1) is 7.50. The smallest absolute Gasteiger partial charge is 0.378 e. The van der Waals surface area contributed by atoms with E-state index < -0.39 is 8.56 Å². The molecule has 1 atom stereocenters. The first-order valence-corrected chi connectivity index (χ1v) is 8.22. The summed E-state index contributed by atoms with van der Waals surface area (Å²) in [5.74, 6) is 0.450. The van der Waals surface area contributed by atoms with Gasteiger partial charge in [-0.3, -0.25) is 0 Å². The molecule has 4 nitrogen and oxygen atoms in total. The maximum absolute atomic E-state index is 8.69. The molecule has 1 unspecified atom stereocenters. The lowest BCUT2D eigenvalue weighted by Gasteiger charge is -2.32. The van der Waals surface area contributed by atoms with Crippen LogP contribution in [0.3, 0.4) is 0 Å². The van der Waals surface area contributed by atoms with Gasteiger partial charge in [-0.25, -0.2) is 0 Å². The Hall–Kier alpha value is -0.573. The third kappa shape index (κ3) is 4.97. The summed E-state index contributed by atoms with van der Waals surface area (Å²) in [6.45, 7) is 11.2. The maximum Gasteiger partial charge on any atom is 0.378 e. The minimum atomic E-state index is -2.41. The van der Waals surface area contributed by atoms with E-state index in [1.54, 1.807) is 6.26 Å². The standard InChI is InChI=1S/C11H23NO3Si/c1-6-14-16(5,15-7-2)11(13-9-12)8-10(3)4/h10-11H,6-8H2,1-5H3. The Morgan fingerprint density at radius 3 is 2.00 bits per heavy atom. The Labute approximate surface area is 99.7 Å². The van der Waals surface area contributed by atoms with Crippen molar-refractivity contribution in [1.29, 1.82) is 5.26 Å². The third-order valence-electron chi connectivity index (χ3n) is 2.33. The van der Waals surface area contributed by atoms with Crippen molar-refractivity contribution in [3.63, 3.8) is 0 Å². The molecule has 0 amide bonds. The maximum atomic E-state index is 8.69. The molecule has 0 radical (unpaired) electrons. The number of nitrogens with zero attached hydrogens (tertiary/aromatic N) is 1. The highest BCUT2D eigenvalue weighted by molar-refractivity contribution is 6.67. The summed E-state index contributed by atoms with van der Waals surface area (Å²) in [4.78, 5) is 0. The summed E-state index contributed by atoms with van der Waals surface area (Å²) >= 11 is 0. The van der Waals surface area contributed by atoms with E-state index in [0.717, 1.165) is 6.42 Å². The molecule has 0 rings (SSSR count). The van der Waals surface area contributed by atoms with Crippen molar-refractivity contribution in [3.8, 4) is 6.26 Å². The Kier molecular flexibility index (Phi) is 7.39. The fourth-order valence-corrected chi connectivity index (χ4v) is 4.43. The molecular weight excluding hydrogens is 222 g/mol. The van der Waals surface area contributed by atoms with Gasteiger partial charge < -0.3 is 13.6 Å². The zero-order valence-electron chi connectivity index (χ0n) is 10.9. The molecule has 16 heavy (non-hydrogen) atoms. The van der Waals surface area contributed by atoms with E-state index in [4.69, 9.17) is 18.9 Å². The van der Waals surface area contributed by atoms with Gasteiger partial charge in [0.25, 0.3) is 6.26 Å². The Bertz CT molecular complexity index is 222. The Morgan fingerprint density at radius 1 is 1.19 bits per heavy atom. The summed E-state index contributed by atoms with van der Waals surface area (Å²) in [5, 5.41) is 8.69. The van der Waals surface area contributed by atoms with E-state index in [0.29, 0.717) is 19.1 Å². The van der Waals surface area contributed by atoms with Crippen LogP contribution >= 0.6 is 0 Å². The average Bonchev–Trinajstić information content (AvgIpc) is 2.17. The Morgan fingerprint density at radius 2 is 1.69 bits per heavy atom. The first-order valence-electron chi connectivity index (χ1n) is 5.82. The Balaban J connectivity index is 4.71. The molecule has 0 aliphatic rings. The van der Waals surface area contributed by atoms with Gasteiger partial charge in [0.05, 0.1) is 0 Å². The molecule has 0 saturated carbocycles. The minimum Gasteiger partial charge on any atom is -0.422 e. The largest absolute Gasteiger partial charge is 0.422 e. The van der Waals surface area contributed by atoms with Gasteiger partial charge in [0.2, 0.25) is 0 Å². The molecule has 5 heteroatoms. The summed E-state index contributed by atoms with van der Waals surface area (Å²) in [7, 11) is -2.41. The van der Waals surface area contributed by atoms with E-state index in [2.05, 4.69) is 13.8 Å². The van der Waals surface area contributed by atoms with E-state index in [9.17, 15) is 0 Å². The van der Waals surface area contributed by atoms with E-state index in [1.807, 2.05) is 20.4 Å². The zero-order chi connectivity index (χ0) is 12.6. The molecule has 0 aliphatic carbocycles. The highest BCUT2D eigenvalue weighted by atomic mass is 28.4. The van der Waals surface area contributed by atoms with Crippen LogP contribution in [0.15, 0.2) is 0 Å².